The van der Waals surface area contributed by atoms with Gasteiger partial charge in [0.05, 0.1) is 61.7 Å². The topological polar surface area (TPSA) is 123 Å². The maximum atomic E-state index is 14.0. The first-order valence-electron chi connectivity index (χ1n) is 21.7. The molecule has 10 rings (SSSR count). The Morgan fingerprint density at radius 1 is 0.662 bits per heavy atom. The molecule has 2 N–H and O–H groups in total. The van der Waals surface area contributed by atoms with E-state index in [2.05, 4.69) is 45.8 Å². The molecule has 6 aromatic rings. The number of aryl methyl sites for hydroxylation is 2. The van der Waals surface area contributed by atoms with E-state index in [0.717, 1.165) is 93.3 Å². The van der Waals surface area contributed by atoms with E-state index >= 15 is 0 Å². The van der Waals surface area contributed by atoms with Crippen molar-refractivity contribution in [2.75, 3.05) is 52.6 Å². The maximum Gasteiger partial charge on any atom is 0.338 e. The second-order valence-electron chi connectivity index (χ2n) is 17.0. The van der Waals surface area contributed by atoms with Crippen LogP contribution >= 0.6 is 0 Å². The van der Waals surface area contributed by atoms with Gasteiger partial charge in [0, 0.05) is 72.1 Å². The third kappa shape index (κ3) is 9.54. The lowest BCUT2D eigenvalue weighted by molar-refractivity contribution is 0.0303. The number of rotatable bonds is 6. The molecular weight excluding hydrogens is 827 g/mol. The SMILES string of the molecule is C.C.C1COCCN1.Cc1cc(-n2c(C(C)C)c(C(=O)N3CCOCC3)c3cc4c(cc32)C=NC4)ccc1F.Cc1cc(-n2c(C(C)C)c(C(=O)O)c3cc4c(cc32)C=NC4)ccc1F. The van der Waals surface area contributed by atoms with Crippen LogP contribution in [0.4, 0.5) is 8.78 Å². The average Bonchev–Trinajstić information content (AvgIpc) is 4.08. The van der Waals surface area contributed by atoms with Crippen LogP contribution in [0.15, 0.2) is 70.6 Å². The Kier molecular flexibility index (Phi) is 15.2. The van der Waals surface area contributed by atoms with Crippen LogP contribution in [0.25, 0.3) is 33.2 Å². The fourth-order valence-electron chi connectivity index (χ4n) is 8.90. The highest BCUT2D eigenvalue weighted by molar-refractivity contribution is 6.11. The summed E-state index contributed by atoms with van der Waals surface area (Å²) >= 11 is 0. The molecule has 0 saturated carbocycles. The van der Waals surface area contributed by atoms with Crippen LogP contribution in [-0.4, -0.2) is 96.1 Å². The fraction of sp³-hybridized carbons (Fsp3) is 0.385. The van der Waals surface area contributed by atoms with E-state index in [9.17, 15) is 23.5 Å². The lowest BCUT2D eigenvalue weighted by atomic mass is 9.99. The molecule has 0 atom stereocenters. The number of aromatic carboxylic acids is 1. The number of morpholine rings is 2. The molecule has 2 fully saturated rings. The summed E-state index contributed by atoms with van der Waals surface area (Å²) < 4.78 is 42.4. The van der Waals surface area contributed by atoms with Crippen molar-refractivity contribution >= 4 is 46.1 Å². The van der Waals surface area contributed by atoms with Crippen LogP contribution in [-0.2, 0) is 22.6 Å². The van der Waals surface area contributed by atoms with Crippen LogP contribution in [0.2, 0.25) is 0 Å². The maximum absolute atomic E-state index is 14.0. The first-order valence-corrected chi connectivity index (χ1v) is 21.7. The molecule has 344 valence electrons. The first kappa shape index (κ1) is 48.4. The zero-order valence-corrected chi connectivity index (χ0v) is 36.7. The number of benzene rings is 4. The van der Waals surface area contributed by atoms with Gasteiger partial charge >= 0.3 is 5.97 Å². The van der Waals surface area contributed by atoms with Gasteiger partial charge in [0.2, 0.25) is 0 Å². The lowest BCUT2D eigenvalue weighted by Crippen LogP contribution is -2.41. The van der Waals surface area contributed by atoms with Gasteiger partial charge in [-0.15, -0.1) is 0 Å². The molecule has 4 aromatic carbocycles. The van der Waals surface area contributed by atoms with Crippen LogP contribution in [0, 0.1) is 25.5 Å². The van der Waals surface area contributed by atoms with Crippen LogP contribution in [0.1, 0.15) is 120 Å². The number of nitrogens with one attached hydrogen (secondary N) is 1. The summed E-state index contributed by atoms with van der Waals surface area (Å²) in [6.07, 6.45) is 3.71. The van der Waals surface area contributed by atoms with Crippen LogP contribution < -0.4 is 5.32 Å². The molecule has 65 heavy (non-hydrogen) atoms. The van der Waals surface area contributed by atoms with Gasteiger partial charge in [-0.1, -0.05) is 42.5 Å². The molecule has 0 radical (unpaired) electrons. The van der Waals surface area contributed by atoms with Crippen molar-refractivity contribution in [1.29, 1.82) is 0 Å². The number of ether oxygens (including phenoxy) is 2. The number of aliphatic imine (C=N–C) groups is 2. The smallest absolute Gasteiger partial charge is 0.338 e. The highest BCUT2D eigenvalue weighted by atomic mass is 19.1. The molecule has 2 saturated heterocycles. The minimum Gasteiger partial charge on any atom is -0.478 e. The summed E-state index contributed by atoms with van der Waals surface area (Å²) in [6, 6.07) is 18.2. The van der Waals surface area contributed by atoms with Crippen molar-refractivity contribution in [2.24, 2.45) is 9.98 Å². The molecule has 6 heterocycles. The molecule has 4 aliphatic rings. The minimum atomic E-state index is -0.949. The van der Waals surface area contributed by atoms with Crippen molar-refractivity contribution in [3.05, 3.63) is 128 Å². The molecule has 1 amide bonds. The molecular formula is C52H62F2N6O5. The summed E-state index contributed by atoms with van der Waals surface area (Å²) in [5, 5.41) is 14.7. The highest BCUT2D eigenvalue weighted by Gasteiger charge is 2.31. The van der Waals surface area contributed by atoms with E-state index in [1.807, 2.05) is 53.9 Å². The van der Waals surface area contributed by atoms with Crippen LogP contribution in [0.3, 0.4) is 0 Å². The van der Waals surface area contributed by atoms with E-state index < -0.39 is 5.97 Å². The summed E-state index contributed by atoms with van der Waals surface area (Å²) in [6.45, 7) is 19.0. The van der Waals surface area contributed by atoms with Crippen molar-refractivity contribution < 1.29 is 33.0 Å². The van der Waals surface area contributed by atoms with Crippen molar-refractivity contribution in [3.63, 3.8) is 0 Å². The van der Waals surface area contributed by atoms with E-state index in [0.29, 0.717) is 61.5 Å². The molecule has 0 bridgehead atoms. The van der Waals surface area contributed by atoms with Gasteiger partial charge in [0.25, 0.3) is 5.91 Å². The average molecular weight is 889 g/mol. The molecule has 0 unspecified atom stereocenters. The van der Waals surface area contributed by atoms with Crippen molar-refractivity contribution in [2.45, 2.75) is 81.3 Å². The highest BCUT2D eigenvalue weighted by Crippen LogP contribution is 2.39. The molecule has 0 aliphatic carbocycles. The number of carbonyl (C=O) groups is 2. The van der Waals surface area contributed by atoms with E-state index in [1.54, 1.807) is 32.0 Å². The van der Waals surface area contributed by atoms with Gasteiger partial charge in [-0.25, -0.2) is 13.6 Å². The summed E-state index contributed by atoms with van der Waals surface area (Å²) in [4.78, 5) is 36.4. The van der Waals surface area contributed by atoms with E-state index in [4.69, 9.17) is 9.47 Å². The number of fused-ring (bicyclic) bond motifs is 4. The lowest BCUT2D eigenvalue weighted by Gasteiger charge is -2.27. The molecule has 0 spiro atoms. The monoisotopic (exact) mass is 888 g/mol. The van der Waals surface area contributed by atoms with Gasteiger partial charge in [0.15, 0.2) is 0 Å². The van der Waals surface area contributed by atoms with Gasteiger partial charge < -0.3 is 33.9 Å². The van der Waals surface area contributed by atoms with Gasteiger partial charge in [-0.3, -0.25) is 14.8 Å². The number of carbonyl (C=O) groups excluding carboxylic acids is 1. The number of carboxylic acids is 1. The molecule has 11 nitrogen and oxygen atoms in total. The minimum absolute atomic E-state index is 0. The van der Waals surface area contributed by atoms with E-state index in [1.165, 1.54) is 12.1 Å². The zero-order valence-electron chi connectivity index (χ0n) is 36.7. The first-order chi connectivity index (χ1) is 30.3. The number of hydrogen-bond acceptors (Lipinski definition) is 7. The van der Waals surface area contributed by atoms with Crippen molar-refractivity contribution in [1.82, 2.24) is 19.4 Å². The third-order valence-corrected chi connectivity index (χ3v) is 12.0. The van der Waals surface area contributed by atoms with Gasteiger partial charge in [-0.2, -0.15) is 0 Å². The Hall–Kier alpha value is -6.02. The zero-order chi connectivity index (χ0) is 44.5. The normalized spacial score (nSPS) is 15.0. The second-order valence-corrected chi connectivity index (χ2v) is 17.0. The number of amides is 1. The third-order valence-electron chi connectivity index (χ3n) is 12.0. The van der Waals surface area contributed by atoms with Gasteiger partial charge in [-0.05, 0) is 120 Å². The Balaban J connectivity index is 0.000000187. The standard InChI is InChI=1S/C25H26FN3O2.C21H19FN2O2.C4H9NO.2CH4/c1-15(2)24-23(25(30)28-6-8-31-9-7-28)20-11-17-13-27-14-18(17)12-22(20)29(24)19-4-5-21(26)16(3)10-19;1-11(2)20-19(21(25)26)16-7-13-9-23-10-14(13)8-18(16)24(20)15-4-5-17(22)12(3)6-15;1-3-6-4-2-5-1;;/h4-5,10-12,14-15H,6-9,13H2,1-3H3;4-8,10-11H,9H2,1-3H3,(H,25,26);5H,1-4H2;2*1H4. The summed E-state index contributed by atoms with van der Waals surface area (Å²) in [7, 11) is 0. The fourth-order valence-corrected chi connectivity index (χ4v) is 8.90. The Morgan fingerprint density at radius 2 is 1.11 bits per heavy atom. The largest absolute Gasteiger partial charge is 0.478 e. The quantitative estimate of drug-likeness (QED) is 0.172. The number of hydrogen-bond donors (Lipinski definition) is 2. The Morgan fingerprint density at radius 3 is 1.51 bits per heavy atom. The van der Waals surface area contributed by atoms with E-state index in [-0.39, 0.29) is 44.2 Å². The van der Waals surface area contributed by atoms with Crippen LogP contribution in [0.5, 0.6) is 0 Å². The number of nitrogens with zero attached hydrogens (tertiary/aromatic N) is 5. The second kappa shape index (κ2) is 20.4. The van der Waals surface area contributed by atoms with Crippen molar-refractivity contribution in [3.8, 4) is 11.4 Å². The molecule has 13 heteroatoms. The Labute approximate surface area is 380 Å². The predicted molar refractivity (Wildman–Crippen MR) is 258 cm³/mol. The van der Waals surface area contributed by atoms with Gasteiger partial charge in [0.1, 0.15) is 11.6 Å². The Bertz CT molecular complexity index is 2780. The number of halogens is 2. The summed E-state index contributed by atoms with van der Waals surface area (Å²) in [5.41, 5.74) is 11.5. The molecule has 4 aliphatic heterocycles. The predicted octanol–water partition coefficient (Wildman–Crippen LogP) is 10.3. The number of carboxylic acid groups (broad SMARTS) is 1. The number of aromatic nitrogens is 2. The molecule has 2 aromatic heterocycles. The summed E-state index contributed by atoms with van der Waals surface area (Å²) in [5.74, 6) is -1.33.